The molecule has 2 aromatic carbocycles. The van der Waals surface area contributed by atoms with Crippen LogP contribution in [0.5, 0.6) is 5.75 Å². The molecule has 3 rings (SSSR count). The van der Waals surface area contributed by atoms with Crippen LogP contribution in [-0.4, -0.2) is 18.2 Å². The second-order valence-corrected chi connectivity index (χ2v) is 6.28. The van der Waals surface area contributed by atoms with E-state index in [1.165, 1.54) is 12.8 Å². The smallest absolute Gasteiger partial charge is 0.277 e. The van der Waals surface area contributed by atoms with Gasteiger partial charge in [0.15, 0.2) is 6.61 Å². The van der Waals surface area contributed by atoms with E-state index in [0.717, 1.165) is 42.5 Å². The van der Waals surface area contributed by atoms with Gasteiger partial charge in [0.05, 0.1) is 0 Å². The Morgan fingerprint density at radius 2 is 1.60 bits per heavy atom. The number of benzene rings is 2. The molecule has 0 heterocycles. The Kier molecular flexibility index (Phi) is 6.21. The molecule has 2 aromatic rings. The van der Waals surface area contributed by atoms with Crippen LogP contribution in [0.4, 0.5) is 0 Å². The molecule has 1 fully saturated rings. The van der Waals surface area contributed by atoms with Gasteiger partial charge in [0, 0.05) is 11.3 Å². The standard InChI is InChI=1S/C21H24N2O2/c24-21(23-22-18-12-6-1-2-7-13-18)16-25-20-15-9-8-14-19(20)17-10-4-3-5-11-17/h3-5,8-11,14-15H,1-2,6-7,12-13,16H2,(H,23,24). The fourth-order valence-electron chi connectivity index (χ4n) is 3.01. The van der Waals surface area contributed by atoms with Crippen LogP contribution < -0.4 is 10.2 Å². The monoisotopic (exact) mass is 336 g/mol. The number of hydrogen-bond donors (Lipinski definition) is 1. The van der Waals surface area contributed by atoms with E-state index >= 15 is 0 Å². The first-order chi connectivity index (χ1) is 12.3. The third-order valence-electron chi connectivity index (χ3n) is 4.35. The van der Waals surface area contributed by atoms with Gasteiger partial charge in [-0.3, -0.25) is 4.79 Å². The zero-order valence-electron chi connectivity index (χ0n) is 14.4. The number of para-hydroxylation sites is 1. The third-order valence-corrected chi connectivity index (χ3v) is 4.35. The van der Waals surface area contributed by atoms with E-state index in [1.54, 1.807) is 0 Å². The normalized spacial score (nSPS) is 14.5. The van der Waals surface area contributed by atoms with Crippen molar-refractivity contribution in [1.29, 1.82) is 0 Å². The Bertz CT molecular complexity index is 716. The number of nitrogens with zero attached hydrogens (tertiary/aromatic N) is 1. The molecule has 1 N–H and O–H groups in total. The van der Waals surface area contributed by atoms with E-state index < -0.39 is 0 Å². The van der Waals surface area contributed by atoms with Crippen LogP contribution in [0.3, 0.4) is 0 Å². The molecule has 0 atom stereocenters. The summed E-state index contributed by atoms with van der Waals surface area (Å²) < 4.78 is 5.74. The molecule has 130 valence electrons. The maximum Gasteiger partial charge on any atom is 0.277 e. The fraction of sp³-hybridized carbons (Fsp3) is 0.333. The van der Waals surface area contributed by atoms with E-state index in [9.17, 15) is 4.79 Å². The molecule has 4 nitrogen and oxygen atoms in total. The van der Waals surface area contributed by atoms with E-state index in [0.29, 0.717) is 5.75 Å². The van der Waals surface area contributed by atoms with Crippen molar-refractivity contribution in [2.75, 3.05) is 6.61 Å². The van der Waals surface area contributed by atoms with Gasteiger partial charge >= 0.3 is 0 Å². The fourth-order valence-corrected chi connectivity index (χ4v) is 3.01. The lowest BCUT2D eigenvalue weighted by Crippen LogP contribution is -2.25. The number of hydrazone groups is 1. The molecule has 1 saturated carbocycles. The highest BCUT2D eigenvalue weighted by Crippen LogP contribution is 2.29. The molecule has 0 radical (unpaired) electrons. The van der Waals surface area contributed by atoms with Crippen molar-refractivity contribution >= 4 is 11.6 Å². The zero-order chi connectivity index (χ0) is 17.3. The van der Waals surface area contributed by atoms with Gasteiger partial charge in [-0.1, -0.05) is 61.4 Å². The van der Waals surface area contributed by atoms with E-state index in [4.69, 9.17) is 4.74 Å². The van der Waals surface area contributed by atoms with Crippen LogP contribution in [0, 0.1) is 0 Å². The minimum absolute atomic E-state index is 0.0410. The average molecular weight is 336 g/mol. The summed E-state index contributed by atoms with van der Waals surface area (Å²) in [5.74, 6) is 0.477. The van der Waals surface area contributed by atoms with Crippen molar-refractivity contribution in [3.63, 3.8) is 0 Å². The van der Waals surface area contributed by atoms with Crippen LogP contribution >= 0.6 is 0 Å². The molecule has 25 heavy (non-hydrogen) atoms. The van der Waals surface area contributed by atoms with E-state index in [1.807, 2.05) is 54.6 Å². The molecule has 0 aromatic heterocycles. The Morgan fingerprint density at radius 1 is 0.920 bits per heavy atom. The summed E-state index contributed by atoms with van der Waals surface area (Å²) in [6.07, 6.45) is 6.81. The largest absolute Gasteiger partial charge is 0.483 e. The van der Waals surface area contributed by atoms with Gasteiger partial charge < -0.3 is 4.74 Å². The summed E-state index contributed by atoms with van der Waals surface area (Å²) in [4.78, 5) is 12.0. The summed E-state index contributed by atoms with van der Waals surface area (Å²) in [7, 11) is 0. The number of amides is 1. The van der Waals surface area contributed by atoms with Crippen LogP contribution in [0.1, 0.15) is 38.5 Å². The Hall–Kier alpha value is -2.62. The Morgan fingerprint density at radius 3 is 2.36 bits per heavy atom. The number of carbonyl (C=O) groups is 1. The average Bonchev–Trinajstić information content (AvgIpc) is 2.94. The summed E-state index contributed by atoms with van der Waals surface area (Å²) in [6.45, 7) is -0.0410. The first kappa shape index (κ1) is 17.2. The molecule has 0 bridgehead atoms. The summed E-state index contributed by atoms with van der Waals surface area (Å²) in [6, 6.07) is 17.8. The first-order valence-corrected chi connectivity index (χ1v) is 8.94. The Balaban J connectivity index is 1.58. The van der Waals surface area contributed by atoms with E-state index in [2.05, 4.69) is 10.5 Å². The van der Waals surface area contributed by atoms with Gasteiger partial charge in [0.1, 0.15) is 5.75 Å². The second kappa shape index (κ2) is 9.02. The van der Waals surface area contributed by atoms with Gasteiger partial charge in [-0.2, -0.15) is 5.10 Å². The van der Waals surface area contributed by atoms with Gasteiger partial charge in [-0.25, -0.2) is 5.43 Å². The lowest BCUT2D eigenvalue weighted by atomic mass is 10.1. The van der Waals surface area contributed by atoms with Gasteiger partial charge in [0.2, 0.25) is 0 Å². The molecular weight excluding hydrogens is 312 g/mol. The Labute approximate surface area is 148 Å². The highest BCUT2D eigenvalue weighted by molar-refractivity contribution is 5.86. The molecule has 1 aliphatic carbocycles. The quantitative estimate of drug-likeness (QED) is 0.643. The predicted molar refractivity (Wildman–Crippen MR) is 101 cm³/mol. The van der Waals surface area contributed by atoms with Gasteiger partial charge in [0.25, 0.3) is 5.91 Å². The van der Waals surface area contributed by atoms with Crippen molar-refractivity contribution in [3.8, 4) is 16.9 Å². The number of carbonyl (C=O) groups excluding carboxylic acids is 1. The molecular formula is C21H24N2O2. The zero-order valence-corrected chi connectivity index (χ0v) is 14.4. The summed E-state index contributed by atoms with van der Waals surface area (Å²) >= 11 is 0. The number of ether oxygens (including phenoxy) is 1. The number of rotatable bonds is 5. The third kappa shape index (κ3) is 5.18. The van der Waals surface area contributed by atoms with Crippen LogP contribution in [0.2, 0.25) is 0 Å². The first-order valence-electron chi connectivity index (χ1n) is 8.94. The number of nitrogens with one attached hydrogen (secondary N) is 1. The molecule has 0 unspecified atom stereocenters. The SMILES string of the molecule is O=C(COc1ccccc1-c1ccccc1)NN=C1CCCCCC1. The molecule has 0 aliphatic heterocycles. The molecule has 0 saturated heterocycles. The topological polar surface area (TPSA) is 50.7 Å². The van der Waals surface area contributed by atoms with E-state index in [-0.39, 0.29) is 12.5 Å². The summed E-state index contributed by atoms with van der Waals surface area (Å²) in [5, 5.41) is 4.27. The molecule has 1 aliphatic rings. The summed E-state index contributed by atoms with van der Waals surface area (Å²) in [5.41, 5.74) is 5.77. The van der Waals surface area contributed by atoms with Crippen LogP contribution in [0.25, 0.3) is 11.1 Å². The second-order valence-electron chi connectivity index (χ2n) is 6.28. The molecule has 4 heteroatoms. The van der Waals surface area contributed by atoms with Crippen LogP contribution in [-0.2, 0) is 4.79 Å². The van der Waals surface area contributed by atoms with Gasteiger partial charge in [-0.15, -0.1) is 0 Å². The maximum absolute atomic E-state index is 12.0. The predicted octanol–water partition coefficient (Wildman–Crippen LogP) is 4.56. The maximum atomic E-state index is 12.0. The minimum atomic E-state index is -0.223. The van der Waals surface area contributed by atoms with Crippen molar-refractivity contribution in [3.05, 3.63) is 54.6 Å². The highest BCUT2D eigenvalue weighted by atomic mass is 16.5. The van der Waals surface area contributed by atoms with Crippen LogP contribution in [0.15, 0.2) is 59.7 Å². The lowest BCUT2D eigenvalue weighted by Gasteiger charge is -2.11. The van der Waals surface area contributed by atoms with Crippen molar-refractivity contribution < 1.29 is 9.53 Å². The highest BCUT2D eigenvalue weighted by Gasteiger charge is 2.09. The molecule has 1 amide bonds. The van der Waals surface area contributed by atoms with Crippen molar-refractivity contribution in [1.82, 2.24) is 5.43 Å². The van der Waals surface area contributed by atoms with Gasteiger partial charge in [-0.05, 0) is 37.3 Å². The lowest BCUT2D eigenvalue weighted by molar-refractivity contribution is -0.123. The number of hydrogen-bond acceptors (Lipinski definition) is 3. The molecule has 0 spiro atoms. The van der Waals surface area contributed by atoms with Crippen molar-refractivity contribution in [2.45, 2.75) is 38.5 Å². The minimum Gasteiger partial charge on any atom is -0.483 e. The van der Waals surface area contributed by atoms with Crippen molar-refractivity contribution in [2.24, 2.45) is 5.10 Å².